The zero-order valence-corrected chi connectivity index (χ0v) is 18.7. The van der Waals surface area contributed by atoms with Crippen molar-refractivity contribution >= 4 is 34.0 Å². The van der Waals surface area contributed by atoms with Gasteiger partial charge in [-0.25, -0.2) is 0 Å². The van der Waals surface area contributed by atoms with E-state index in [0.29, 0.717) is 13.0 Å². The standard InChI is InChI=1S/C26H29N3O3/c1-16-10-17(2)25(18(3)11-16)28-23(31)13-27-24(32)15-29-14-21(30)12-20-9-8-19-6-4-5-7-22(19)26(20)29/h4-11,21,30H,12-15H2,1-3H3,(H,27,32)(H,28,31). The maximum absolute atomic E-state index is 12.7. The van der Waals surface area contributed by atoms with Gasteiger partial charge in [0.15, 0.2) is 0 Å². The van der Waals surface area contributed by atoms with Crippen LogP contribution in [0.1, 0.15) is 22.3 Å². The van der Waals surface area contributed by atoms with Crippen LogP contribution < -0.4 is 15.5 Å². The van der Waals surface area contributed by atoms with Crippen molar-refractivity contribution in [1.29, 1.82) is 0 Å². The molecule has 0 aliphatic carbocycles. The van der Waals surface area contributed by atoms with E-state index >= 15 is 0 Å². The average Bonchev–Trinajstić information content (AvgIpc) is 2.74. The fourth-order valence-corrected chi connectivity index (χ4v) is 4.62. The normalized spacial score (nSPS) is 15.4. The van der Waals surface area contributed by atoms with Crippen LogP contribution in [0.3, 0.4) is 0 Å². The van der Waals surface area contributed by atoms with Gasteiger partial charge in [-0.15, -0.1) is 0 Å². The predicted octanol–water partition coefficient (Wildman–Crippen LogP) is 3.24. The highest BCUT2D eigenvalue weighted by Crippen LogP contribution is 2.34. The lowest BCUT2D eigenvalue weighted by molar-refractivity contribution is -0.123. The molecule has 0 radical (unpaired) electrons. The summed E-state index contributed by atoms with van der Waals surface area (Å²) in [6.45, 7) is 6.28. The quantitative estimate of drug-likeness (QED) is 0.579. The maximum atomic E-state index is 12.7. The smallest absolute Gasteiger partial charge is 0.243 e. The van der Waals surface area contributed by atoms with Crippen LogP contribution in [0, 0.1) is 20.8 Å². The molecule has 0 bridgehead atoms. The van der Waals surface area contributed by atoms with Gasteiger partial charge >= 0.3 is 0 Å². The molecular weight excluding hydrogens is 402 g/mol. The zero-order valence-electron chi connectivity index (χ0n) is 18.7. The summed E-state index contributed by atoms with van der Waals surface area (Å²) >= 11 is 0. The number of rotatable bonds is 5. The largest absolute Gasteiger partial charge is 0.391 e. The summed E-state index contributed by atoms with van der Waals surface area (Å²) in [5.41, 5.74) is 5.93. The number of aliphatic hydroxyl groups is 1. The van der Waals surface area contributed by atoms with E-state index in [0.717, 1.165) is 44.4 Å². The molecule has 0 saturated heterocycles. The minimum atomic E-state index is -0.535. The molecule has 3 aromatic carbocycles. The molecule has 0 aromatic heterocycles. The molecule has 0 fully saturated rings. The van der Waals surface area contributed by atoms with Gasteiger partial charge in [0.25, 0.3) is 0 Å². The SMILES string of the molecule is Cc1cc(C)c(NC(=O)CNC(=O)CN2CC(O)Cc3ccc4ccccc4c32)c(C)c1. The van der Waals surface area contributed by atoms with Gasteiger partial charge in [0.05, 0.1) is 19.2 Å². The van der Waals surface area contributed by atoms with Gasteiger partial charge in [-0.05, 0) is 42.8 Å². The third-order valence-electron chi connectivity index (χ3n) is 5.91. The van der Waals surface area contributed by atoms with Crippen molar-refractivity contribution in [3.05, 3.63) is 70.8 Å². The second-order valence-corrected chi connectivity index (χ2v) is 8.63. The minimum absolute atomic E-state index is 0.0773. The first-order valence-corrected chi connectivity index (χ1v) is 10.9. The Hall–Kier alpha value is -3.38. The van der Waals surface area contributed by atoms with E-state index in [-0.39, 0.29) is 24.9 Å². The van der Waals surface area contributed by atoms with Crippen molar-refractivity contribution in [2.75, 3.05) is 29.9 Å². The Morgan fingerprint density at radius 1 is 1.03 bits per heavy atom. The molecule has 166 valence electrons. The number of anilines is 2. The molecule has 0 saturated carbocycles. The van der Waals surface area contributed by atoms with Crippen molar-refractivity contribution in [2.45, 2.75) is 33.3 Å². The molecule has 6 nitrogen and oxygen atoms in total. The molecule has 1 heterocycles. The molecule has 3 N–H and O–H groups in total. The highest BCUT2D eigenvalue weighted by Gasteiger charge is 2.26. The Morgan fingerprint density at radius 2 is 1.75 bits per heavy atom. The first-order valence-electron chi connectivity index (χ1n) is 10.9. The van der Waals surface area contributed by atoms with E-state index in [4.69, 9.17) is 0 Å². The summed E-state index contributed by atoms with van der Waals surface area (Å²) in [6.07, 6.45) is 0.0305. The van der Waals surface area contributed by atoms with Gasteiger partial charge in [-0.1, -0.05) is 54.1 Å². The van der Waals surface area contributed by atoms with Crippen LogP contribution >= 0.6 is 0 Å². The molecule has 1 aliphatic heterocycles. The van der Waals surface area contributed by atoms with Crippen molar-refractivity contribution < 1.29 is 14.7 Å². The van der Waals surface area contributed by atoms with Crippen molar-refractivity contribution in [3.63, 3.8) is 0 Å². The molecule has 0 spiro atoms. The van der Waals surface area contributed by atoms with E-state index in [9.17, 15) is 14.7 Å². The fraction of sp³-hybridized carbons (Fsp3) is 0.308. The van der Waals surface area contributed by atoms with Crippen molar-refractivity contribution in [2.24, 2.45) is 0 Å². The zero-order chi connectivity index (χ0) is 22.8. The van der Waals surface area contributed by atoms with Gasteiger partial charge in [0.1, 0.15) is 0 Å². The van der Waals surface area contributed by atoms with Gasteiger partial charge in [-0.3, -0.25) is 9.59 Å². The Morgan fingerprint density at radius 3 is 2.50 bits per heavy atom. The number of hydrogen-bond acceptors (Lipinski definition) is 4. The molecule has 1 atom stereocenters. The number of hydrogen-bond donors (Lipinski definition) is 3. The lowest BCUT2D eigenvalue weighted by atomic mass is 9.95. The third kappa shape index (κ3) is 4.60. The monoisotopic (exact) mass is 431 g/mol. The lowest BCUT2D eigenvalue weighted by Gasteiger charge is -2.34. The summed E-state index contributed by atoms with van der Waals surface area (Å²) in [6, 6.07) is 16.1. The molecule has 1 aliphatic rings. The first kappa shape index (κ1) is 21.8. The number of β-amino-alcohol motifs (C(OH)–C–C–N with tert-alkyl or cyclic N) is 1. The van der Waals surface area contributed by atoms with Gasteiger partial charge < -0.3 is 20.6 Å². The van der Waals surface area contributed by atoms with E-state index in [1.165, 1.54) is 0 Å². The second-order valence-electron chi connectivity index (χ2n) is 8.63. The number of carbonyl (C=O) groups excluding carboxylic acids is 2. The molecule has 4 rings (SSSR count). The van der Waals surface area contributed by atoms with E-state index < -0.39 is 6.10 Å². The van der Waals surface area contributed by atoms with Crippen molar-refractivity contribution in [3.8, 4) is 0 Å². The van der Waals surface area contributed by atoms with Gasteiger partial charge in [0, 0.05) is 29.7 Å². The molecule has 1 unspecified atom stereocenters. The van der Waals surface area contributed by atoms with Crippen molar-refractivity contribution in [1.82, 2.24) is 5.32 Å². The average molecular weight is 432 g/mol. The van der Waals surface area contributed by atoms with Crippen LogP contribution in [0.5, 0.6) is 0 Å². The van der Waals surface area contributed by atoms with Crippen LogP contribution in [-0.4, -0.2) is 42.7 Å². The highest BCUT2D eigenvalue weighted by atomic mass is 16.3. The first-order chi connectivity index (χ1) is 15.3. The molecule has 32 heavy (non-hydrogen) atoms. The fourth-order valence-electron chi connectivity index (χ4n) is 4.62. The van der Waals surface area contributed by atoms with E-state index in [2.05, 4.69) is 10.6 Å². The summed E-state index contributed by atoms with van der Waals surface area (Å²) in [5.74, 6) is -0.525. The summed E-state index contributed by atoms with van der Waals surface area (Å²) in [5, 5.41) is 18.1. The third-order valence-corrected chi connectivity index (χ3v) is 5.91. The minimum Gasteiger partial charge on any atom is -0.391 e. The number of benzene rings is 3. The number of aryl methyl sites for hydroxylation is 3. The summed E-state index contributed by atoms with van der Waals surface area (Å²) in [4.78, 5) is 27.0. The van der Waals surface area contributed by atoms with Gasteiger partial charge in [0.2, 0.25) is 11.8 Å². The van der Waals surface area contributed by atoms with Crippen LogP contribution in [0.4, 0.5) is 11.4 Å². The van der Waals surface area contributed by atoms with Gasteiger partial charge in [-0.2, -0.15) is 0 Å². The van der Waals surface area contributed by atoms with Crippen LogP contribution in [-0.2, 0) is 16.0 Å². The number of fused-ring (bicyclic) bond motifs is 3. The van der Waals surface area contributed by atoms with Crippen LogP contribution in [0.2, 0.25) is 0 Å². The van der Waals surface area contributed by atoms with Crippen LogP contribution in [0.15, 0.2) is 48.5 Å². The number of carbonyl (C=O) groups is 2. The lowest BCUT2D eigenvalue weighted by Crippen LogP contribution is -2.45. The summed E-state index contributed by atoms with van der Waals surface area (Å²) < 4.78 is 0. The summed E-state index contributed by atoms with van der Waals surface area (Å²) in [7, 11) is 0. The van der Waals surface area contributed by atoms with E-state index in [1.807, 2.05) is 74.2 Å². The molecular formula is C26H29N3O3. The van der Waals surface area contributed by atoms with E-state index in [1.54, 1.807) is 0 Å². The number of aliphatic hydroxyl groups excluding tert-OH is 1. The number of amides is 2. The number of nitrogens with zero attached hydrogens (tertiary/aromatic N) is 1. The Balaban J connectivity index is 1.43. The Kier molecular flexibility index (Phi) is 6.15. The Bertz CT molecular complexity index is 1170. The topological polar surface area (TPSA) is 81.7 Å². The maximum Gasteiger partial charge on any atom is 0.243 e. The molecule has 2 amide bonds. The molecule has 3 aromatic rings. The second kappa shape index (κ2) is 9.01. The van der Waals surface area contributed by atoms with Crippen LogP contribution in [0.25, 0.3) is 10.8 Å². The number of nitrogens with one attached hydrogen (secondary N) is 2. The highest BCUT2D eigenvalue weighted by molar-refractivity contribution is 5.99. The molecule has 6 heteroatoms. The predicted molar refractivity (Wildman–Crippen MR) is 128 cm³/mol. The Labute approximate surface area is 188 Å².